The van der Waals surface area contributed by atoms with Crippen LogP contribution in [-0.2, 0) is 21.0 Å². The van der Waals surface area contributed by atoms with Gasteiger partial charge >= 0.3 is 6.18 Å². The summed E-state index contributed by atoms with van der Waals surface area (Å²) in [4.78, 5) is 26.1. The maximum atomic E-state index is 13.5. The fraction of sp³-hybridized carbons (Fsp3) is 0.286. The Morgan fingerprint density at radius 2 is 1.84 bits per heavy atom. The molecule has 0 aromatic heterocycles. The predicted octanol–water partition coefficient (Wildman–Crippen LogP) is 4.92. The highest BCUT2D eigenvalue weighted by atomic mass is 35.5. The molecule has 3 aromatic carbocycles. The number of fused-ring (bicyclic) bond motifs is 1. The summed E-state index contributed by atoms with van der Waals surface area (Å²) in [5, 5.41) is 5.25. The first-order valence-corrected chi connectivity index (χ1v) is 15.1. The van der Waals surface area contributed by atoms with Gasteiger partial charge in [0.2, 0.25) is 5.91 Å². The van der Waals surface area contributed by atoms with E-state index in [1.807, 2.05) is 0 Å². The Morgan fingerprint density at radius 3 is 2.51 bits per heavy atom. The van der Waals surface area contributed by atoms with Crippen LogP contribution in [-0.4, -0.2) is 46.0 Å². The van der Waals surface area contributed by atoms with Gasteiger partial charge in [0, 0.05) is 28.2 Å². The Hall–Kier alpha value is -3.52. The van der Waals surface area contributed by atoms with E-state index < -0.39 is 52.1 Å². The lowest BCUT2D eigenvalue weighted by atomic mass is 9.99. The number of halogens is 5. The lowest BCUT2D eigenvalue weighted by Gasteiger charge is -2.31. The molecule has 0 radical (unpaired) electrons. The molecule has 2 amide bonds. The van der Waals surface area contributed by atoms with Gasteiger partial charge in [-0.15, -0.1) is 0 Å². The smallest absolute Gasteiger partial charge is 0.416 e. The predicted molar refractivity (Wildman–Crippen MR) is 156 cm³/mol. The molecule has 0 saturated carbocycles. The number of carbonyl (C=O) groups is 2. The molecule has 9 nitrogen and oxygen atoms in total. The van der Waals surface area contributed by atoms with Crippen LogP contribution in [0, 0.1) is 0 Å². The number of hydrogen-bond donors (Lipinski definition) is 3. The van der Waals surface area contributed by atoms with Crippen LogP contribution >= 0.6 is 23.2 Å². The summed E-state index contributed by atoms with van der Waals surface area (Å²) in [7, 11) is -4.11. The number of ether oxygens (including phenoxy) is 1. The summed E-state index contributed by atoms with van der Waals surface area (Å²) in [6, 6.07) is 10.7. The summed E-state index contributed by atoms with van der Waals surface area (Å²) in [6.07, 6.45) is -5.16. The minimum atomic E-state index is -4.71. The van der Waals surface area contributed by atoms with Gasteiger partial charge in [0.05, 0.1) is 35.2 Å². The van der Waals surface area contributed by atoms with E-state index in [9.17, 15) is 31.2 Å². The third-order valence-corrected chi connectivity index (χ3v) is 8.83. The number of nitrogens with zero attached hydrogens (tertiary/aromatic N) is 1. The van der Waals surface area contributed by atoms with Gasteiger partial charge in [-0.05, 0) is 67.1 Å². The van der Waals surface area contributed by atoms with Crippen LogP contribution in [0.4, 0.5) is 18.9 Å². The summed E-state index contributed by atoms with van der Waals surface area (Å²) < 4.78 is 74.2. The van der Waals surface area contributed by atoms with E-state index in [4.69, 9.17) is 33.7 Å². The molecule has 0 unspecified atom stereocenters. The molecule has 3 aromatic rings. The molecule has 1 heterocycles. The van der Waals surface area contributed by atoms with Crippen molar-refractivity contribution in [3.63, 3.8) is 0 Å². The van der Waals surface area contributed by atoms with Gasteiger partial charge < -0.3 is 21.1 Å². The Labute approximate surface area is 256 Å². The molecule has 43 heavy (non-hydrogen) atoms. The standard InChI is InChI=1S/C28H27Cl2F3N4O5S/c1-16(34)15-35-26(38)14-23(21-12-18(28(31,32)33)6-7-22(21)30)36-27(39)17-5-8-25-24(11-17)37(9-10-42-25)43(40,41)20-4-2-3-19(29)13-20/h2-8,11-13,16,23H,9-10,14-15,34H2,1H3,(H,35,38)(H,36,39)/t16-,23+/m1/s1. The monoisotopic (exact) mass is 658 g/mol. The molecule has 2 atom stereocenters. The number of anilines is 1. The van der Waals surface area contributed by atoms with Crippen LogP contribution in [0.2, 0.25) is 10.0 Å². The van der Waals surface area contributed by atoms with Crippen molar-refractivity contribution in [3.05, 3.63) is 87.4 Å². The summed E-state index contributed by atoms with van der Waals surface area (Å²) in [5.41, 5.74) is 4.56. The van der Waals surface area contributed by atoms with Crippen LogP contribution in [0.5, 0.6) is 5.75 Å². The second-order valence-electron chi connectivity index (χ2n) is 9.81. The minimum Gasteiger partial charge on any atom is -0.489 e. The van der Waals surface area contributed by atoms with Gasteiger partial charge in [-0.3, -0.25) is 13.9 Å². The van der Waals surface area contributed by atoms with E-state index in [0.29, 0.717) is 0 Å². The molecule has 4 rings (SSSR count). The number of carbonyl (C=O) groups excluding carboxylic acids is 2. The molecule has 15 heteroatoms. The van der Waals surface area contributed by atoms with E-state index >= 15 is 0 Å². The lowest BCUT2D eigenvalue weighted by molar-refractivity contribution is -0.137. The Bertz CT molecular complexity index is 1640. The van der Waals surface area contributed by atoms with Crippen molar-refractivity contribution < 1.29 is 35.9 Å². The molecule has 0 saturated heterocycles. The molecule has 1 aliphatic heterocycles. The first-order chi connectivity index (χ1) is 20.2. The summed E-state index contributed by atoms with van der Waals surface area (Å²) in [6.45, 7) is 1.73. The van der Waals surface area contributed by atoms with E-state index in [2.05, 4.69) is 10.6 Å². The second kappa shape index (κ2) is 13.0. The van der Waals surface area contributed by atoms with Gasteiger partial charge in [-0.2, -0.15) is 13.2 Å². The number of sulfonamides is 1. The molecular weight excluding hydrogens is 632 g/mol. The normalized spacial score (nSPS) is 14.7. The lowest BCUT2D eigenvalue weighted by Crippen LogP contribution is -2.39. The summed E-state index contributed by atoms with van der Waals surface area (Å²) in [5.74, 6) is -1.19. The van der Waals surface area contributed by atoms with Crippen LogP contribution in [0.3, 0.4) is 0 Å². The van der Waals surface area contributed by atoms with Gasteiger partial charge in [0.1, 0.15) is 12.4 Å². The van der Waals surface area contributed by atoms with Crippen molar-refractivity contribution >= 4 is 50.7 Å². The Balaban J connectivity index is 1.68. The van der Waals surface area contributed by atoms with Gasteiger partial charge in [-0.25, -0.2) is 8.42 Å². The summed E-state index contributed by atoms with van der Waals surface area (Å²) >= 11 is 12.3. The van der Waals surface area contributed by atoms with Crippen molar-refractivity contribution in [1.82, 2.24) is 10.6 Å². The second-order valence-corrected chi connectivity index (χ2v) is 12.5. The molecule has 0 aliphatic carbocycles. The maximum absolute atomic E-state index is 13.5. The van der Waals surface area contributed by atoms with Crippen LogP contribution in [0.15, 0.2) is 65.6 Å². The molecule has 0 fully saturated rings. The van der Waals surface area contributed by atoms with Gasteiger partial charge in [0.15, 0.2) is 0 Å². The number of amides is 2. The largest absolute Gasteiger partial charge is 0.489 e. The van der Waals surface area contributed by atoms with Crippen molar-refractivity contribution in [2.75, 3.05) is 24.0 Å². The number of hydrogen-bond acceptors (Lipinski definition) is 6. The van der Waals surface area contributed by atoms with Gasteiger partial charge in [-0.1, -0.05) is 29.3 Å². The molecule has 4 N–H and O–H groups in total. The van der Waals surface area contributed by atoms with Crippen molar-refractivity contribution in [2.45, 2.75) is 36.5 Å². The van der Waals surface area contributed by atoms with E-state index in [1.165, 1.54) is 42.5 Å². The van der Waals surface area contributed by atoms with E-state index in [-0.39, 0.29) is 57.2 Å². The molecule has 0 bridgehead atoms. The number of nitrogens with two attached hydrogens (primary N) is 1. The quantitative estimate of drug-likeness (QED) is 0.299. The average Bonchev–Trinajstić information content (AvgIpc) is 2.94. The first-order valence-electron chi connectivity index (χ1n) is 12.9. The zero-order chi connectivity index (χ0) is 31.5. The Morgan fingerprint density at radius 1 is 1.09 bits per heavy atom. The fourth-order valence-electron chi connectivity index (χ4n) is 4.34. The van der Waals surface area contributed by atoms with Crippen LogP contribution in [0.1, 0.15) is 40.9 Å². The van der Waals surface area contributed by atoms with Crippen molar-refractivity contribution in [1.29, 1.82) is 0 Å². The van der Waals surface area contributed by atoms with Crippen molar-refractivity contribution in [3.8, 4) is 5.75 Å². The molecule has 1 aliphatic rings. The highest BCUT2D eigenvalue weighted by Gasteiger charge is 2.34. The van der Waals surface area contributed by atoms with Crippen LogP contribution in [0.25, 0.3) is 0 Å². The molecule has 230 valence electrons. The highest BCUT2D eigenvalue weighted by Crippen LogP contribution is 2.38. The maximum Gasteiger partial charge on any atom is 0.416 e. The number of benzene rings is 3. The topological polar surface area (TPSA) is 131 Å². The zero-order valence-electron chi connectivity index (χ0n) is 22.6. The van der Waals surface area contributed by atoms with E-state index in [1.54, 1.807) is 6.92 Å². The molecule has 0 spiro atoms. The SMILES string of the molecule is C[C@@H](N)CNC(=O)C[C@H](NC(=O)c1ccc2c(c1)N(S(=O)(=O)c1cccc(Cl)c1)CCO2)c1cc(C(F)(F)F)ccc1Cl. The first kappa shape index (κ1) is 32.4. The number of alkyl halides is 3. The highest BCUT2D eigenvalue weighted by molar-refractivity contribution is 7.92. The third kappa shape index (κ3) is 7.71. The average molecular weight is 660 g/mol. The van der Waals surface area contributed by atoms with Gasteiger partial charge in [0.25, 0.3) is 15.9 Å². The minimum absolute atomic E-state index is 0.0420. The third-order valence-electron chi connectivity index (χ3n) is 6.44. The Kier molecular flexibility index (Phi) is 9.79. The van der Waals surface area contributed by atoms with Crippen molar-refractivity contribution in [2.24, 2.45) is 5.73 Å². The molecular formula is C28H27Cl2F3N4O5S. The fourth-order valence-corrected chi connectivity index (χ4v) is 6.34. The van der Waals surface area contributed by atoms with Crippen LogP contribution < -0.4 is 25.4 Å². The zero-order valence-corrected chi connectivity index (χ0v) is 24.9. The number of rotatable bonds is 9. The number of nitrogens with one attached hydrogen (secondary N) is 2. The van der Waals surface area contributed by atoms with E-state index in [0.717, 1.165) is 22.5 Å².